The van der Waals surface area contributed by atoms with Crippen LogP contribution in [-0.4, -0.2) is 35.6 Å². The van der Waals surface area contributed by atoms with Gasteiger partial charge in [-0.2, -0.15) is 0 Å². The Labute approximate surface area is 107 Å². The molecule has 2 fully saturated rings. The van der Waals surface area contributed by atoms with E-state index in [1.165, 1.54) is 32.8 Å². The summed E-state index contributed by atoms with van der Waals surface area (Å²) in [6.07, 6.45) is 5.75. The highest BCUT2D eigenvalue weighted by molar-refractivity contribution is 8.14. The quantitative estimate of drug-likeness (QED) is 0.784. The number of hydrogen-bond acceptors (Lipinski definition) is 4. The fraction of sp³-hybridized carbons (Fsp3) is 0.833. The van der Waals surface area contributed by atoms with Gasteiger partial charge in [0, 0.05) is 11.3 Å². The van der Waals surface area contributed by atoms with Crippen LogP contribution in [0.25, 0.3) is 0 Å². The van der Waals surface area contributed by atoms with Gasteiger partial charge in [0.05, 0.1) is 7.11 Å². The zero-order valence-electron chi connectivity index (χ0n) is 10.5. The third kappa shape index (κ3) is 2.76. The molecule has 1 spiro atoms. The summed E-state index contributed by atoms with van der Waals surface area (Å²) in [6.45, 7) is 1.95. The first-order valence-corrected chi connectivity index (χ1v) is 7.24. The number of carbonyl (C=O) groups is 1. The molecule has 2 aliphatic rings. The van der Waals surface area contributed by atoms with Crippen LogP contribution in [0, 0.1) is 0 Å². The third-order valence-electron chi connectivity index (χ3n) is 3.55. The van der Waals surface area contributed by atoms with E-state index in [2.05, 4.69) is 10.3 Å². The lowest BCUT2D eigenvalue weighted by molar-refractivity contribution is -0.142. The fourth-order valence-corrected chi connectivity index (χ4v) is 3.75. The van der Waals surface area contributed by atoms with Crippen molar-refractivity contribution in [1.29, 1.82) is 0 Å². The second-order valence-corrected chi connectivity index (χ2v) is 5.75. The predicted octanol–water partition coefficient (Wildman–Crippen LogP) is 1.94. The van der Waals surface area contributed by atoms with E-state index >= 15 is 0 Å². The van der Waals surface area contributed by atoms with Crippen molar-refractivity contribution in [2.75, 3.05) is 12.9 Å². The molecule has 1 saturated heterocycles. The van der Waals surface area contributed by atoms with Crippen LogP contribution in [0.1, 0.15) is 39.0 Å². The summed E-state index contributed by atoms with van der Waals surface area (Å²) in [6, 6.07) is -0.355. The molecule has 1 unspecified atom stereocenters. The van der Waals surface area contributed by atoms with E-state index in [0.717, 1.165) is 10.9 Å². The minimum atomic E-state index is -0.355. The number of esters is 1. The molecule has 1 saturated carbocycles. The van der Waals surface area contributed by atoms with E-state index < -0.39 is 0 Å². The fourth-order valence-electron chi connectivity index (χ4n) is 2.48. The molecule has 1 aliphatic carbocycles. The highest BCUT2D eigenvalue weighted by atomic mass is 32.2. The van der Waals surface area contributed by atoms with Crippen molar-refractivity contribution in [3.63, 3.8) is 0 Å². The van der Waals surface area contributed by atoms with Gasteiger partial charge in [0.15, 0.2) is 5.17 Å². The summed E-state index contributed by atoms with van der Waals surface area (Å²) < 4.78 is 4.75. The van der Waals surface area contributed by atoms with Crippen LogP contribution >= 0.6 is 11.8 Å². The Morgan fingerprint density at radius 3 is 2.88 bits per heavy atom. The molecule has 4 nitrogen and oxygen atoms in total. The number of rotatable bonds is 3. The number of nitrogens with zero attached hydrogens (tertiary/aromatic N) is 1. The van der Waals surface area contributed by atoms with E-state index in [1.807, 2.05) is 6.92 Å². The van der Waals surface area contributed by atoms with Gasteiger partial charge in [-0.05, 0) is 19.3 Å². The van der Waals surface area contributed by atoms with Crippen LogP contribution in [0.2, 0.25) is 0 Å². The molecule has 0 bridgehead atoms. The molecule has 5 heteroatoms. The van der Waals surface area contributed by atoms with E-state index in [1.54, 1.807) is 11.8 Å². The second kappa shape index (κ2) is 5.29. The maximum Gasteiger partial charge on any atom is 0.330 e. The number of nitrogens with one attached hydrogen (secondary N) is 1. The van der Waals surface area contributed by atoms with E-state index in [-0.39, 0.29) is 17.6 Å². The van der Waals surface area contributed by atoms with Crippen molar-refractivity contribution in [1.82, 2.24) is 5.32 Å². The van der Waals surface area contributed by atoms with Crippen molar-refractivity contribution in [2.24, 2.45) is 4.99 Å². The SMILES string of the molecule is CCC(N=C1NC2(CCCC2)CS1)C(=O)OC. The smallest absolute Gasteiger partial charge is 0.330 e. The van der Waals surface area contributed by atoms with Gasteiger partial charge in [-0.3, -0.25) is 0 Å². The van der Waals surface area contributed by atoms with Crippen LogP contribution < -0.4 is 5.32 Å². The summed E-state index contributed by atoms with van der Waals surface area (Å²) in [5, 5.41) is 4.44. The molecular weight excluding hydrogens is 236 g/mol. The molecule has 1 N–H and O–H groups in total. The van der Waals surface area contributed by atoms with Gasteiger partial charge in [-0.15, -0.1) is 0 Å². The van der Waals surface area contributed by atoms with Gasteiger partial charge in [-0.1, -0.05) is 31.5 Å². The summed E-state index contributed by atoms with van der Waals surface area (Å²) in [5.74, 6) is 0.846. The normalized spacial score (nSPS) is 26.1. The van der Waals surface area contributed by atoms with Crippen molar-refractivity contribution >= 4 is 22.9 Å². The number of ether oxygens (including phenoxy) is 1. The Hall–Kier alpha value is -0.710. The monoisotopic (exact) mass is 256 g/mol. The molecule has 17 heavy (non-hydrogen) atoms. The van der Waals surface area contributed by atoms with Crippen molar-refractivity contribution < 1.29 is 9.53 Å². The summed E-state index contributed by atoms with van der Waals surface area (Å²) in [4.78, 5) is 16.0. The Bertz CT molecular complexity index is 324. The molecule has 0 aromatic heterocycles. The zero-order valence-corrected chi connectivity index (χ0v) is 11.3. The molecule has 1 aliphatic heterocycles. The second-order valence-electron chi connectivity index (χ2n) is 4.78. The molecule has 0 aromatic carbocycles. The number of thioether (sulfide) groups is 1. The van der Waals surface area contributed by atoms with Crippen molar-refractivity contribution in [3.8, 4) is 0 Å². The molecule has 1 heterocycles. The average molecular weight is 256 g/mol. The Kier molecular flexibility index (Phi) is 3.97. The lowest BCUT2D eigenvalue weighted by Gasteiger charge is -2.22. The van der Waals surface area contributed by atoms with Crippen molar-refractivity contribution in [2.45, 2.75) is 50.6 Å². The van der Waals surface area contributed by atoms with Gasteiger partial charge < -0.3 is 10.1 Å². The summed E-state index contributed by atoms with van der Waals surface area (Å²) in [7, 11) is 1.42. The molecule has 0 aromatic rings. The maximum absolute atomic E-state index is 11.5. The number of methoxy groups -OCH3 is 1. The maximum atomic E-state index is 11.5. The summed E-state index contributed by atoms with van der Waals surface area (Å²) >= 11 is 1.74. The van der Waals surface area contributed by atoms with Crippen LogP contribution in [0.5, 0.6) is 0 Å². The lowest BCUT2D eigenvalue weighted by atomic mass is 10.0. The molecule has 0 amide bonds. The summed E-state index contributed by atoms with van der Waals surface area (Å²) in [5.41, 5.74) is 0.262. The molecule has 96 valence electrons. The third-order valence-corrected chi connectivity index (χ3v) is 4.73. The van der Waals surface area contributed by atoms with Gasteiger partial charge in [0.25, 0.3) is 0 Å². The van der Waals surface area contributed by atoms with Crippen LogP contribution in [-0.2, 0) is 9.53 Å². The van der Waals surface area contributed by atoms with Gasteiger partial charge in [0.1, 0.15) is 6.04 Å². The first-order valence-electron chi connectivity index (χ1n) is 6.26. The minimum absolute atomic E-state index is 0.241. The standard InChI is InChI=1S/C12H20N2O2S/c1-3-9(10(15)16-2)13-11-14-12(8-17-11)6-4-5-7-12/h9H,3-8H2,1-2H3,(H,13,14). The van der Waals surface area contributed by atoms with Gasteiger partial charge in [0.2, 0.25) is 0 Å². The highest BCUT2D eigenvalue weighted by Crippen LogP contribution is 2.37. The van der Waals surface area contributed by atoms with Crippen LogP contribution in [0.3, 0.4) is 0 Å². The molecule has 0 radical (unpaired) electrons. The molecular formula is C12H20N2O2S. The van der Waals surface area contributed by atoms with Crippen molar-refractivity contribution in [3.05, 3.63) is 0 Å². The number of amidine groups is 1. The van der Waals surface area contributed by atoms with E-state index in [9.17, 15) is 4.79 Å². The Morgan fingerprint density at radius 1 is 1.59 bits per heavy atom. The predicted molar refractivity (Wildman–Crippen MR) is 70.3 cm³/mol. The molecule has 2 rings (SSSR count). The number of hydrogen-bond donors (Lipinski definition) is 1. The van der Waals surface area contributed by atoms with Gasteiger partial charge >= 0.3 is 5.97 Å². The molecule has 1 atom stereocenters. The Morgan fingerprint density at radius 2 is 2.29 bits per heavy atom. The van der Waals surface area contributed by atoms with Crippen LogP contribution in [0.4, 0.5) is 0 Å². The topological polar surface area (TPSA) is 50.7 Å². The number of carbonyl (C=O) groups excluding carboxylic acids is 1. The highest BCUT2D eigenvalue weighted by Gasteiger charge is 2.39. The first-order chi connectivity index (χ1) is 8.19. The average Bonchev–Trinajstić information content (AvgIpc) is 2.96. The Balaban J connectivity index is 2.01. The van der Waals surface area contributed by atoms with Gasteiger partial charge in [-0.25, -0.2) is 9.79 Å². The van der Waals surface area contributed by atoms with Crippen LogP contribution in [0.15, 0.2) is 4.99 Å². The van der Waals surface area contributed by atoms with E-state index in [4.69, 9.17) is 4.74 Å². The van der Waals surface area contributed by atoms with E-state index in [0.29, 0.717) is 6.42 Å². The number of aliphatic imine (C=N–C) groups is 1. The zero-order chi connectivity index (χ0) is 12.3. The largest absolute Gasteiger partial charge is 0.467 e. The minimum Gasteiger partial charge on any atom is -0.467 e. The lowest BCUT2D eigenvalue weighted by Crippen LogP contribution is -2.41. The first kappa shape index (κ1) is 12.7.